The first-order chi connectivity index (χ1) is 9.58. The molecule has 0 radical (unpaired) electrons. The molecule has 2 aliphatic rings. The normalized spacial score (nSPS) is 24.2. The molecule has 1 saturated carbocycles. The second kappa shape index (κ2) is 6.43. The number of nitrogens with one attached hydrogen (secondary N) is 1. The topological polar surface area (TPSA) is 78.9 Å². The largest absolute Gasteiger partial charge is 0.480 e. The van der Waals surface area contributed by atoms with Crippen LogP contribution < -0.4 is 5.32 Å². The molecule has 1 aliphatic heterocycles. The summed E-state index contributed by atoms with van der Waals surface area (Å²) in [4.78, 5) is 24.8. The number of likely N-dealkylation sites (tertiary alicyclic amines) is 1. The monoisotopic (exact) mass is 284 g/mol. The molecule has 0 spiro atoms. The molecule has 1 unspecified atom stereocenters. The van der Waals surface area contributed by atoms with Crippen LogP contribution in [0.5, 0.6) is 0 Å². The summed E-state index contributed by atoms with van der Waals surface area (Å²) in [7, 11) is 1.68. The molecule has 2 N–H and O–H groups in total. The van der Waals surface area contributed by atoms with Crippen LogP contribution in [0.1, 0.15) is 38.5 Å². The molecule has 2 rings (SSSR count). The van der Waals surface area contributed by atoms with Crippen LogP contribution in [0.4, 0.5) is 4.79 Å². The highest BCUT2D eigenvalue weighted by atomic mass is 16.5. The van der Waals surface area contributed by atoms with Crippen molar-refractivity contribution in [1.29, 1.82) is 0 Å². The van der Waals surface area contributed by atoms with Gasteiger partial charge in [-0.1, -0.05) is 0 Å². The lowest BCUT2D eigenvalue weighted by Gasteiger charge is -2.33. The van der Waals surface area contributed by atoms with Crippen LogP contribution in [0.25, 0.3) is 0 Å². The van der Waals surface area contributed by atoms with Gasteiger partial charge < -0.3 is 20.1 Å². The fourth-order valence-corrected chi connectivity index (χ4v) is 2.81. The Balaban J connectivity index is 1.83. The number of methoxy groups -OCH3 is 1. The third-order valence-electron chi connectivity index (χ3n) is 4.46. The number of rotatable bonds is 6. The first-order valence-corrected chi connectivity index (χ1v) is 7.34. The Morgan fingerprint density at radius 1 is 1.40 bits per heavy atom. The van der Waals surface area contributed by atoms with Crippen molar-refractivity contribution in [2.24, 2.45) is 5.41 Å². The Morgan fingerprint density at radius 3 is 2.75 bits per heavy atom. The zero-order valence-electron chi connectivity index (χ0n) is 12.1. The fraction of sp³-hybridized carbons (Fsp3) is 0.857. The van der Waals surface area contributed by atoms with E-state index >= 15 is 0 Å². The van der Waals surface area contributed by atoms with Crippen LogP contribution in [0.3, 0.4) is 0 Å². The fourth-order valence-electron chi connectivity index (χ4n) is 2.81. The van der Waals surface area contributed by atoms with Crippen LogP contribution in [-0.2, 0) is 9.53 Å². The van der Waals surface area contributed by atoms with E-state index in [1.807, 2.05) is 0 Å². The minimum atomic E-state index is -0.902. The summed E-state index contributed by atoms with van der Waals surface area (Å²) < 4.78 is 5.09. The summed E-state index contributed by atoms with van der Waals surface area (Å²) in [6, 6.07) is -0.904. The number of carbonyl (C=O) groups is 2. The molecule has 6 nitrogen and oxygen atoms in total. The molecular weight excluding hydrogens is 260 g/mol. The Labute approximate surface area is 119 Å². The minimum Gasteiger partial charge on any atom is -0.480 e. The van der Waals surface area contributed by atoms with Crippen LogP contribution in [0, 0.1) is 5.41 Å². The predicted molar refractivity (Wildman–Crippen MR) is 73.5 cm³/mol. The number of carbonyl (C=O) groups excluding carboxylic acids is 1. The molecule has 0 aromatic rings. The number of urea groups is 1. The molecule has 1 atom stereocenters. The van der Waals surface area contributed by atoms with Gasteiger partial charge in [0, 0.05) is 26.8 Å². The molecule has 114 valence electrons. The smallest absolute Gasteiger partial charge is 0.326 e. The molecule has 6 heteroatoms. The molecule has 0 aromatic carbocycles. The van der Waals surface area contributed by atoms with Crippen molar-refractivity contribution in [2.45, 2.75) is 44.6 Å². The molecule has 1 heterocycles. The second-order valence-corrected chi connectivity index (χ2v) is 5.94. The van der Waals surface area contributed by atoms with Gasteiger partial charge in [0.25, 0.3) is 0 Å². The van der Waals surface area contributed by atoms with Crippen molar-refractivity contribution in [2.75, 3.05) is 26.8 Å². The maximum Gasteiger partial charge on any atom is 0.326 e. The van der Waals surface area contributed by atoms with E-state index in [4.69, 9.17) is 4.74 Å². The molecule has 2 amide bonds. The molecule has 1 aliphatic carbocycles. The number of carboxylic acids is 1. The highest BCUT2D eigenvalue weighted by molar-refractivity contribution is 5.82. The van der Waals surface area contributed by atoms with E-state index in [1.54, 1.807) is 7.11 Å². The van der Waals surface area contributed by atoms with E-state index in [1.165, 1.54) is 4.90 Å². The Hall–Kier alpha value is -1.30. The Bertz CT molecular complexity index is 368. The lowest BCUT2D eigenvalue weighted by molar-refractivity contribution is -0.143. The van der Waals surface area contributed by atoms with Gasteiger partial charge in [-0.2, -0.15) is 0 Å². The lowest BCUT2D eigenvalue weighted by atomic mass is 10.0. The summed E-state index contributed by atoms with van der Waals surface area (Å²) in [5, 5.41) is 12.1. The average Bonchev–Trinajstić information content (AvgIpc) is 3.23. The van der Waals surface area contributed by atoms with E-state index in [2.05, 4.69) is 5.32 Å². The molecule has 0 aromatic heterocycles. The highest BCUT2D eigenvalue weighted by Crippen LogP contribution is 2.48. The minimum absolute atomic E-state index is 0.181. The Kier molecular flexibility index (Phi) is 4.86. The van der Waals surface area contributed by atoms with Gasteiger partial charge in [-0.05, 0) is 43.9 Å². The summed E-state index contributed by atoms with van der Waals surface area (Å²) >= 11 is 0. The van der Waals surface area contributed by atoms with Gasteiger partial charge >= 0.3 is 12.0 Å². The first-order valence-electron chi connectivity index (χ1n) is 7.34. The van der Waals surface area contributed by atoms with Gasteiger partial charge in [0.1, 0.15) is 6.04 Å². The van der Waals surface area contributed by atoms with Crippen molar-refractivity contribution in [1.82, 2.24) is 10.2 Å². The first kappa shape index (κ1) is 15.1. The zero-order valence-corrected chi connectivity index (χ0v) is 12.1. The molecular formula is C14H24N2O4. The van der Waals surface area contributed by atoms with Crippen molar-refractivity contribution >= 4 is 12.0 Å². The molecule has 1 saturated heterocycles. The van der Waals surface area contributed by atoms with Crippen LogP contribution >= 0.6 is 0 Å². The van der Waals surface area contributed by atoms with Crippen LogP contribution in [-0.4, -0.2) is 54.9 Å². The maximum absolute atomic E-state index is 12.2. The van der Waals surface area contributed by atoms with Gasteiger partial charge in [0.05, 0.1) is 0 Å². The third kappa shape index (κ3) is 3.62. The Morgan fingerprint density at radius 2 is 2.15 bits per heavy atom. The van der Waals surface area contributed by atoms with Gasteiger partial charge in [0.2, 0.25) is 0 Å². The highest BCUT2D eigenvalue weighted by Gasteiger charge is 2.43. The van der Waals surface area contributed by atoms with Gasteiger partial charge in [-0.15, -0.1) is 0 Å². The maximum atomic E-state index is 12.2. The standard InChI is InChI=1S/C14H24N2O4/c1-20-9-7-14(5-6-14)10-15-13(19)16-8-3-2-4-11(16)12(17)18/h11H,2-10H2,1H3,(H,15,19)(H,17,18). The van der Waals surface area contributed by atoms with Crippen molar-refractivity contribution in [3.8, 4) is 0 Å². The quantitative estimate of drug-likeness (QED) is 0.774. The number of carboxylic acid groups (broad SMARTS) is 1. The van der Waals surface area contributed by atoms with E-state index in [-0.39, 0.29) is 11.4 Å². The number of hydrogen-bond donors (Lipinski definition) is 2. The number of amides is 2. The number of hydrogen-bond acceptors (Lipinski definition) is 3. The van der Waals surface area contributed by atoms with Crippen molar-refractivity contribution in [3.63, 3.8) is 0 Å². The van der Waals surface area contributed by atoms with Crippen LogP contribution in [0.2, 0.25) is 0 Å². The summed E-state index contributed by atoms with van der Waals surface area (Å²) in [5.41, 5.74) is 0.181. The number of aliphatic carboxylic acids is 1. The van der Waals surface area contributed by atoms with Gasteiger partial charge in [-0.25, -0.2) is 9.59 Å². The molecule has 2 fully saturated rings. The molecule has 20 heavy (non-hydrogen) atoms. The third-order valence-corrected chi connectivity index (χ3v) is 4.46. The summed E-state index contributed by atoms with van der Waals surface area (Å²) in [6.45, 7) is 1.86. The average molecular weight is 284 g/mol. The number of ether oxygens (including phenoxy) is 1. The van der Waals surface area contributed by atoms with Gasteiger partial charge in [-0.3, -0.25) is 0 Å². The number of nitrogens with zero attached hydrogens (tertiary/aromatic N) is 1. The predicted octanol–water partition coefficient (Wildman–Crippen LogP) is 1.45. The van der Waals surface area contributed by atoms with Crippen molar-refractivity contribution < 1.29 is 19.4 Å². The van der Waals surface area contributed by atoms with E-state index < -0.39 is 12.0 Å². The lowest BCUT2D eigenvalue weighted by Crippen LogP contribution is -2.52. The zero-order chi connectivity index (χ0) is 14.6. The van der Waals surface area contributed by atoms with E-state index in [0.717, 1.165) is 32.1 Å². The van der Waals surface area contributed by atoms with Crippen molar-refractivity contribution in [3.05, 3.63) is 0 Å². The summed E-state index contributed by atoms with van der Waals surface area (Å²) in [6.07, 6.45) is 5.48. The summed E-state index contributed by atoms with van der Waals surface area (Å²) in [5.74, 6) is -0.902. The second-order valence-electron chi connectivity index (χ2n) is 5.94. The molecule has 0 bridgehead atoms. The van der Waals surface area contributed by atoms with Crippen LogP contribution in [0.15, 0.2) is 0 Å². The van der Waals surface area contributed by atoms with E-state index in [9.17, 15) is 14.7 Å². The SMILES string of the molecule is COCCC1(CNC(=O)N2CCCCC2C(=O)O)CC1. The number of piperidine rings is 1. The van der Waals surface area contributed by atoms with E-state index in [0.29, 0.717) is 26.1 Å². The van der Waals surface area contributed by atoms with Gasteiger partial charge in [0.15, 0.2) is 0 Å².